The van der Waals surface area contributed by atoms with Crippen molar-refractivity contribution in [3.8, 4) is 11.8 Å². The fourth-order valence-corrected chi connectivity index (χ4v) is 1.32. The van der Waals surface area contributed by atoms with Crippen molar-refractivity contribution in [1.82, 2.24) is 0 Å². The molecule has 0 aliphatic heterocycles. The molecule has 1 aromatic carbocycles. The molecular formula is C11H7BrO. The van der Waals surface area contributed by atoms with Gasteiger partial charge in [-0.1, -0.05) is 27.8 Å². The van der Waals surface area contributed by atoms with E-state index in [1.807, 2.05) is 24.3 Å². The Hall–Kier alpha value is -1.20. The van der Waals surface area contributed by atoms with Gasteiger partial charge in [0.1, 0.15) is 5.58 Å². The Morgan fingerprint density at radius 1 is 1.31 bits per heavy atom. The van der Waals surface area contributed by atoms with E-state index in [-0.39, 0.29) is 0 Å². The molecule has 1 aromatic heterocycles. The quantitative estimate of drug-likeness (QED) is 0.504. The Bertz CT molecular complexity index is 473. The van der Waals surface area contributed by atoms with Crippen molar-refractivity contribution in [3.05, 3.63) is 36.1 Å². The zero-order valence-electron chi connectivity index (χ0n) is 6.88. The first-order valence-corrected chi connectivity index (χ1v) is 5.04. The highest BCUT2D eigenvalue weighted by atomic mass is 79.9. The van der Waals surface area contributed by atoms with Crippen LogP contribution in [-0.4, -0.2) is 5.33 Å². The van der Waals surface area contributed by atoms with Crippen LogP contribution in [0.1, 0.15) is 5.56 Å². The number of alkyl halides is 1. The third kappa shape index (κ3) is 1.76. The van der Waals surface area contributed by atoms with Gasteiger partial charge in [0.15, 0.2) is 0 Å². The van der Waals surface area contributed by atoms with E-state index in [2.05, 4.69) is 27.8 Å². The van der Waals surface area contributed by atoms with Gasteiger partial charge in [0.05, 0.1) is 11.6 Å². The largest absolute Gasteiger partial charge is 0.464 e. The summed E-state index contributed by atoms with van der Waals surface area (Å²) in [7, 11) is 0. The highest BCUT2D eigenvalue weighted by molar-refractivity contribution is 9.09. The Morgan fingerprint density at radius 2 is 2.23 bits per heavy atom. The molecule has 0 amide bonds. The summed E-state index contributed by atoms with van der Waals surface area (Å²) >= 11 is 3.26. The standard InChI is InChI=1S/C11H7BrO/c12-6-1-2-9-3-4-11-10(8-9)5-7-13-11/h3-5,7-8H,6H2. The van der Waals surface area contributed by atoms with E-state index in [0.717, 1.165) is 16.5 Å². The Labute approximate surface area is 84.9 Å². The van der Waals surface area contributed by atoms with Gasteiger partial charge in [-0.3, -0.25) is 0 Å². The van der Waals surface area contributed by atoms with Crippen LogP contribution >= 0.6 is 15.9 Å². The highest BCUT2D eigenvalue weighted by Crippen LogP contribution is 2.16. The van der Waals surface area contributed by atoms with Crippen LogP contribution in [0.15, 0.2) is 34.9 Å². The van der Waals surface area contributed by atoms with E-state index in [1.165, 1.54) is 0 Å². The van der Waals surface area contributed by atoms with Crippen molar-refractivity contribution in [2.45, 2.75) is 0 Å². The average Bonchev–Trinajstić information content (AvgIpc) is 2.61. The van der Waals surface area contributed by atoms with Crippen LogP contribution in [0.25, 0.3) is 11.0 Å². The second kappa shape index (κ2) is 3.68. The first-order chi connectivity index (χ1) is 6.40. The van der Waals surface area contributed by atoms with Crippen LogP contribution in [0.2, 0.25) is 0 Å². The zero-order chi connectivity index (χ0) is 9.10. The van der Waals surface area contributed by atoms with Crippen LogP contribution in [-0.2, 0) is 0 Å². The first kappa shape index (κ1) is 8.40. The third-order valence-corrected chi connectivity index (χ3v) is 2.03. The molecule has 0 atom stereocenters. The fraction of sp³-hybridized carbons (Fsp3) is 0.0909. The molecule has 64 valence electrons. The van der Waals surface area contributed by atoms with Crippen molar-refractivity contribution in [2.75, 3.05) is 5.33 Å². The molecule has 1 nitrogen and oxygen atoms in total. The fourth-order valence-electron chi connectivity index (χ4n) is 1.18. The zero-order valence-corrected chi connectivity index (χ0v) is 8.47. The monoisotopic (exact) mass is 234 g/mol. The van der Waals surface area contributed by atoms with Crippen molar-refractivity contribution in [1.29, 1.82) is 0 Å². The lowest BCUT2D eigenvalue weighted by Gasteiger charge is -1.89. The molecule has 2 aromatic rings. The minimum Gasteiger partial charge on any atom is -0.464 e. The van der Waals surface area contributed by atoms with Gasteiger partial charge < -0.3 is 4.42 Å². The topological polar surface area (TPSA) is 13.1 Å². The second-order valence-corrected chi connectivity index (χ2v) is 3.17. The van der Waals surface area contributed by atoms with Crippen molar-refractivity contribution in [2.24, 2.45) is 0 Å². The molecule has 0 radical (unpaired) electrons. The van der Waals surface area contributed by atoms with E-state index in [1.54, 1.807) is 6.26 Å². The van der Waals surface area contributed by atoms with Crippen LogP contribution in [0, 0.1) is 11.8 Å². The van der Waals surface area contributed by atoms with Gasteiger partial charge in [-0.15, -0.1) is 0 Å². The summed E-state index contributed by atoms with van der Waals surface area (Å²) < 4.78 is 5.22. The van der Waals surface area contributed by atoms with Gasteiger partial charge in [-0.25, -0.2) is 0 Å². The number of benzene rings is 1. The van der Waals surface area contributed by atoms with Gasteiger partial charge in [-0.05, 0) is 24.3 Å². The summed E-state index contributed by atoms with van der Waals surface area (Å²) in [6.07, 6.45) is 1.69. The van der Waals surface area contributed by atoms with Gasteiger partial charge in [0.2, 0.25) is 0 Å². The number of hydrogen-bond donors (Lipinski definition) is 0. The lowest BCUT2D eigenvalue weighted by Crippen LogP contribution is -1.73. The molecule has 1 heterocycles. The molecule has 2 rings (SSSR count). The molecule has 0 saturated heterocycles. The van der Waals surface area contributed by atoms with Crippen molar-refractivity contribution in [3.63, 3.8) is 0 Å². The molecule has 2 heteroatoms. The molecule has 0 spiro atoms. The maximum absolute atomic E-state index is 5.22. The number of hydrogen-bond acceptors (Lipinski definition) is 1. The van der Waals surface area contributed by atoms with Gasteiger partial charge >= 0.3 is 0 Å². The summed E-state index contributed by atoms with van der Waals surface area (Å²) in [6.45, 7) is 0. The Morgan fingerprint density at radius 3 is 3.08 bits per heavy atom. The predicted molar refractivity (Wildman–Crippen MR) is 56.9 cm³/mol. The number of furan rings is 1. The molecule has 0 aliphatic rings. The van der Waals surface area contributed by atoms with Crippen LogP contribution in [0.3, 0.4) is 0 Å². The Kier molecular flexibility index (Phi) is 2.37. The minimum atomic E-state index is 0.705. The number of halogens is 1. The smallest absolute Gasteiger partial charge is 0.133 e. The number of rotatable bonds is 0. The molecule has 0 saturated carbocycles. The molecule has 13 heavy (non-hydrogen) atoms. The van der Waals surface area contributed by atoms with Crippen molar-refractivity contribution < 1.29 is 4.42 Å². The molecule has 0 N–H and O–H groups in total. The van der Waals surface area contributed by atoms with E-state index < -0.39 is 0 Å². The van der Waals surface area contributed by atoms with Gasteiger partial charge in [0, 0.05) is 10.9 Å². The number of fused-ring (bicyclic) bond motifs is 1. The highest BCUT2D eigenvalue weighted by Gasteiger charge is 1.95. The van der Waals surface area contributed by atoms with Crippen LogP contribution in [0.4, 0.5) is 0 Å². The van der Waals surface area contributed by atoms with Crippen LogP contribution in [0.5, 0.6) is 0 Å². The van der Waals surface area contributed by atoms with Gasteiger partial charge in [-0.2, -0.15) is 0 Å². The van der Waals surface area contributed by atoms with Crippen molar-refractivity contribution >= 4 is 26.9 Å². The molecule has 0 unspecified atom stereocenters. The first-order valence-electron chi connectivity index (χ1n) is 3.92. The molecule has 0 aliphatic carbocycles. The predicted octanol–water partition coefficient (Wildman–Crippen LogP) is 3.18. The Balaban J connectivity index is 2.48. The molecule has 0 bridgehead atoms. The summed E-state index contributed by atoms with van der Waals surface area (Å²) in [4.78, 5) is 0. The summed E-state index contributed by atoms with van der Waals surface area (Å²) in [5.74, 6) is 6.00. The minimum absolute atomic E-state index is 0.705. The average molecular weight is 235 g/mol. The summed E-state index contributed by atoms with van der Waals surface area (Å²) in [5.41, 5.74) is 1.93. The second-order valence-electron chi connectivity index (χ2n) is 2.61. The summed E-state index contributed by atoms with van der Waals surface area (Å²) in [5, 5.41) is 1.80. The van der Waals surface area contributed by atoms with Gasteiger partial charge in [0.25, 0.3) is 0 Å². The van der Waals surface area contributed by atoms with E-state index in [9.17, 15) is 0 Å². The summed E-state index contributed by atoms with van der Waals surface area (Å²) in [6, 6.07) is 7.86. The van der Waals surface area contributed by atoms with E-state index in [4.69, 9.17) is 4.42 Å². The lowest BCUT2D eigenvalue weighted by atomic mass is 10.2. The maximum Gasteiger partial charge on any atom is 0.133 e. The lowest BCUT2D eigenvalue weighted by molar-refractivity contribution is 0.616. The molecular weight excluding hydrogens is 228 g/mol. The van der Waals surface area contributed by atoms with E-state index >= 15 is 0 Å². The SMILES string of the molecule is BrCC#Cc1ccc2occc2c1. The van der Waals surface area contributed by atoms with Crippen LogP contribution < -0.4 is 0 Å². The molecule has 0 fully saturated rings. The normalized spacial score (nSPS) is 9.62. The van der Waals surface area contributed by atoms with E-state index in [0.29, 0.717) is 5.33 Å². The maximum atomic E-state index is 5.22. The third-order valence-electron chi connectivity index (χ3n) is 1.75.